The lowest BCUT2D eigenvalue weighted by molar-refractivity contribution is -0.124. The number of nitrogens with zero attached hydrogens (tertiary/aromatic N) is 4. The summed E-state index contributed by atoms with van der Waals surface area (Å²) < 4.78 is 11.9. The van der Waals surface area contributed by atoms with Crippen molar-refractivity contribution >= 4 is 23.1 Å². The second-order valence-electron chi connectivity index (χ2n) is 10.1. The molecule has 2 aromatic rings. The molecule has 3 saturated heterocycles. The van der Waals surface area contributed by atoms with Crippen LogP contribution in [0.25, 0.3) is 0 Å². The van der Waals surface area contributed by atoms with Crippen molar-refractivity contribution in [2.24, 2.45) is 0 Å². The van der Waals surface area contributed by atoms with Crippen LogP contribution >= 0.6 is 0 Å². The van der Waals surface area contributed by atoms with E-state index in [1.54, 1.807) is 6.92 Å². The number of hydrogen-bond donors (Lipinski definition) is 1. The molecule has 4 aliphatic rings. The lowest BCUT2D eigenvalue weighted by Gasteiger charge is -2.43. The predicted octanol–water partition coefficient (Wildman–Crippen LogP) is 2.89. The number of amides is 1. The summed E-state index contributed by atoms with van der Waals surface area (Å²) in [6.45, 7) is 11.2. The van der Waals surface area contributed by atoms with Gasteiger partial charge in [-0.2, -0.15) is 0 Å². The SMILES string of the molecule is CC#CC(=O)N1CC[C@H](N2CC(c3cc(C)c4c(c3)Nc3nccc(N5CCOCC5)c3CO4)C2)C1. The Morgan fingerprint density at radius 2 is 2.00 bits per heavy atom. The highest BCUT2D eigenvalue weighted by atomic mass is 16.5. The molecule has 4 aliphatic heterocycles. The minimum atomic E-state index is -0.0461. The second kappa shape index (κ2) is 9.64. The molecular formula is C28H33N5O3. The van der Waals surface area contributed by atoms with E-state index in [0.29, 0.717) is 18.6 Å². The quantitative estimate of drug-likeness (QED) is 0.668. The van der Waals surface area contributed by atoms with Gasteiger partial charge in [-0.1, -0.05) is 12.0 Å². The third-order valence-corrected chi connectivity index (χ3v) is 7.87. The Balaban J connectivity index is 1.16. The van der Waals surface area contributed by atoms with Gasteiger partial charge in [-0.25, -0.2) is 4.98 Å². The minimum absolute atomic E-state index is 0.0461. The molecule has 6 rings (SSSR count). The van der Waals surface area contributed by atoms with E-state index in [1.807, 2.05) is 11.1 Å². The number of carbonyl (C=O) groups is 1. The van der Waals surface area contributed by atoms with Crippen LogP contribution < -0.4 is 15.0 Å². The summed E-state index contributed by atoms with van der Waals surface area (Å²) in [6.07, 6.45) is 2.90. The van der Waals surface area contributed by atoms with Crippen LogP contribution in [0.15, 0.2) is 24.4 Å². The zero-order chi connectivity index (χ0) is 24.6. The Kier molecular flexibility index (Phi) is 6.20. The van der Waals surface area contributed by atoms with E-state index >= 15 is 0 Å². The van der Waals surface area contributed by atoms with Crippen LogP contribution in [-0.2, 0) is 16.1 Å². The highest BCUT2D eigenvalue weighted by Crippen LogP contribution is 2.42. The average molecular weight is 488 g/mol. The number of anilines is 3. The number of benzene rings is 1. The molecule has 1 amide bonds. The van der Waals surface area contributed by atoms with Gasteiger partial charge >= 0.3 is 0 Å². The molecule has 188 valence electrons. The van der Waals surface area contributed by atoms with Gasteiger partial charge in [0.1, 0.15) is 18.2 Å². The van der Waals surface area contributed by atoms with E-state index in [2.05, 4.69) is 57.1 Å². The van der Waals surface area contributed by atoms with Crippen molar-refractivity contribution in [3.05, 3.63) is 41.1 Å². The number of aromatic nitrogens is 1. The summed E-state index contributed by atoms with van der Waals surface area (Å²) in [6, 6.07) is 7.03. The van der Waals surface area contributed by atoms with Gasteiger partial charge in [-0.3, -0.25) is 9.69 Å². The van der Waals surface area contributed by atoms with E-state index in [4.69, 9.17) is 9.47 Å². The van der Waals surface area contributed by atoms with Crippen LogP contribution in [0.4, 0.5) is 17.2 Å². The van der Waals surface area contributed by atoms with Gasteiger partial charge in [0.15, 0.2) is 0 Å². The Bertz CT molecular complexity index is 1220. The van der Waals surface area contributed by atoms with Crippen LogP contribution in [0.5, 0.6) is 5.75 Å². The molecule has 1 aromatic heterocycles. The predicted molar refractivity (Wildman–Crippen MR) is 139 cm³/mol. The number of pyridine rings is 1. The largest absolute Gasteiger partial charge is 0.486 e. The van der Waals surface area contributed by atoms with Crippen molar-refractivity contribution in [3.8, 4) is 17.6 Å². The lowest BCUT2D eigenvalue weighted by Crippen LogP contribution is -2.51. The van der Waals surface area contributed by atoms with E-state index in [9.17, 15) is 4.79 Å². The van der Waals surface area contributed by atoms with Crippen LogP contribution in [0.1, 0.15) is 36.0 Å². The molecule has 0 unspecified atom stereocenters. The molecule has 1 atom stereocenters. The molecule has 0 aliphatic carbocycles. The molecule has 3 fully saturated rings. The van der Waals surface area contributed by atoms with E-state index in [0.717, 1.165) is 87.3 Å². The molecule has 0 spiro atoms. The van der Waals surface area contributed by atoms with Crippen LogP contribution in [0.2, 0.25) is 0 Å². The van der Waals surface area contributed by atoms with Gasteiger partial charge in [-0.15, -0.1) is 0 Å². The number of aryl methyl sites for hydroxylation is 1. The standard InChI is InChI=1S/C28H33N5O3/c1-3-4-26(34)32-8-6-22(17-32)33-15-21(16-33)20-13-19(2)27-24(14-20)30-28-23(18-36-27)25(5-7-29-28)31-9-11-35-12-10-31/h5,7,13-14,21-22H,6,8-12,15-18H2,1-2H3,(H,29,30)/t22-/m0/s1. The number of ether oxygens (including phenoxy) is 2. The summed E-state index contributed by atoms with van der Waals surface area (Å²) in [7, 11) is 0. The Morgan fingerprint density at radius 1 is 1.17 bits per heavy atom. The maximum absolute atomic E-state index is 12.1. The normalized spacial score (nSPS) is 21.8. The molecule has 36 heavy (non-hydrogen) atoms. The maximum atomic E-state index is 12.1. The van der Waals surface area contributed by atoms with Gasteiger partial charge in [0.25, 0.3) is 5.91 Å². The molecule has 0 saturated carbocycles. The van der Waals surface area contributed by atoms with Crippen LogP contribution in [0, 0.1) is 18.8 Å². The highest BCUT2D eigenvalue weighted by molar-refractivity contribution is 5.93. The minimum Gasteiger partial charge on any atom is -0.486 e. The van der Waals surface area contributed by atoms with Crippen molar-refractivity contribution in [2.75, 3.05) is 62.7 Å². The van der Waals surface area contributed by atoms with Crippen LogP contribution in [0.3, 0.4) is 0 Å². The van der Waals surface area contributed by atoms with Crippen molar-refractivity contribution < 1.29 is 14.3 Å². The monoisotopic (exact) mass is 487 g/mol. The smallest absolute Gasteiger partial charge is 0.298 e. The summed E-state index contributed by atoms with van der Waals surface area (Å²) in [5.74, 6) is 7.60. The molecule has 8 heteroatoms. The van der Waals surface area contributed by atoms with Gasteiger partial charge in [0, 0.05) is 63.1 Å². The lowest BCUT2D eigenvalue weighted by atomic mass is 9.88. The zero-order valence-electron chi connectivity index (χ0n) is 21.0. The summed E-state index contributed by atoms with van der Waals surface area (Å²) in [4.78, 5) is 23.5. The van der Waals surface area contributed by atoms with Gasteiger partial charge < -0.3 is 24.6 Å². The molecule has 5 heterocycles. The van der Waals surface area contributed by atoms with E-state index in [-0.39, 0.29) is 5.91 Å². The molecule has 0 bridgehead atoms. The molecule has 1 N–H and O–H groups in total. The topological polar surface area (TPSA) is 70.2 Å². The fraction of sp³-hybridized carbons (Fsp3) is 0.500. The summed E-state index contributed by atoms with van der Waals surface area (Å²) >= 11 is 0. The van der Waals surface area contributed by atoms with E-state index in [1.165, 1.54) is 11.3 Å². The summed E-state index contributed by atoms with van der Waals surface area (Å²) in [5.41, 5.74) is 5.73. The fourth-order valence-corrected chi connectivity index (χ4v) is 5.86. The first kappa shape index (κ1) is 23.1. The molecule has 0 radical (unpaired) electrons. The zero-order valence-corrected chi connectivity index (χ0v) is 21.0. The van der Waals surface area contributed by atoms with Crippen molar-refractivity contribution in [1.29, 1.82) is 0 Å². The van der Waals surface area contributed by atoms with Gasteiger partial charge in [0.2, 0.25) is 0 Å². The highest BCUT2D eigenvalue weighted by Gasteiger charge is 2.38. The Hall–Kier alpha value is -3.28. The molecule has 8 nitrogen and oxygen atoms in total. The van der Waals surface area contributed by atoms with Crippen molar-refractivity contribution in [2.45, 2.75) is 38.8 Å². The molecular weight excluding hydrogens is 454 g/mol. The van der Waals surface area contributed by atoms with Crippen molar-refractivity contribution in [1.82, 2.24) is 14.8 Å². The first-order valence-electron chi connectivity index (χ1n) is 12.9. The third kappa shape index (κ3) is 4.27. The van der Waals surface area contributed by atoms with Crippen LogP contribution in [-0.4, -0.2) is 79.2 Å². The number of rotatable bonds is 3. The Morgan fingerprint density at radius 3 is 2.81 bits per heavy atom. The number of carbonyl (C=O) groups excluding carboxylic acids is 1. The number of likely N-dealkylation sites (tertiary alicyclic amines) is 2. The Labute approximate surface area is 212 Å². The third-order valence-electron chi connectivity index (χ3n) is 7.87. The number of nitrogens with one attached hydrogen (secondary N) is 1. The number of morpholine rings is 1. The number of fused-ring (bicyclic) bond motifs is 2. The van der Waals surface area contributed by atoms with Crippen molar-refractivity contribution in [3.63, 3.8) is 0 Å². The maximum Gasteiger partial charge on any atom is 0.298 e. The van der Waals surface area contributed by atoms with E-state index < -0.39 is 0 Å². The van der Waals surface area contributed by atoms with Gasteiger partial charge in [-0.05, 0) is 49.4 Å². The van der Waals surface area contributed by atoms with Gasteiger partial charge in [0.05, 0.1) is 24.5 Å². The average Bonchev–Trinajstić information content (AvgIpc) is 3.25. The molecule has 1 aromatic carbocycles. The first-order chi connectivity index (χ1) is 17.6. The number of hydrogen-bond acceptors (Lipinski definition) is 7. The fourth-order valence-electron chi connectivity index (χ4n) is 5.86. The first-order valence-corrected chi connectivity index (χ1v) is 12.9. The second-order valence-corrected chi connectivity index (χ2v) is 10.1. The summed E-state index contributed by atoms with van der Waals surface area (Å²) in [5, 5.41) is 3.60.